The summed E-state index contributed by atoms with van der Waals surface area (Å²) in [6.45, 7) is 1.69. The van der Waals surface area contributed by atoms with E-state index >= 15 is 0 Å². The summed E-state index contributed by atoms with van der Waals surface area (Å²) in [6, 6.07) is 8.84. The highest BCUT2D eigenvalue weighted by molar-refractivity contribution is 6.02. The number of carbonyl (C=O) groups excluding carboxylic acids is 1. The predicted octanol–water partition coefficient (Wildman–Crippen LogP) is 1.53. The molecule has 1 aromatic heterocycles. The van der Waals surface area contributed by atoms with Crippen molar-refractivity contribution in [1.82, 2.24) is 9.78 Å². The summed E-state index contributed by atoms with van der Waals surface area (Å²) in [5.41, 5.74) is 1.95. The number of rotatable bonds is 4. The minimum absolute atomic E-state index is 0.182. The molecule has 0 unspecified atom stereocenters. The Bertz CT molecular complexity index is 602. The molecule has 0 fully saturated rings. The predicted molar refractivity (Wildman–Crippen MR) is 69.0 cm³/mol. The van der Waals surface area contributed by atoms with Crippen LogP contribution in [0.5, 0.6) is 0 Å². The second-order valence-electron chi connectivity index (χ2n) is 4.11. The lowest BCUT2D eigenvalue weighted by Gasteiger charge is -2.03. The van der Waals surface area contributed by atoms with Gasteiger partial charge in [-0.25, -0.2) is 0 Å². The lowest BCUT2D eigenvalue weighted by Crippen LogP contribution is -2.14. The number of nitrogens with zero attached hydrogens (tertiary/aromatic N) is 2. The maximum Gasteiger partial charge on any atom is 0.325 e. The lowest BCUT2D eigenvalue weighted by atomic mass is 10.2. The third-order valence-electron chi connectivity index (χ3n) is 2.48. The van der Waals surface area contributed by atoms with Crippen LogP contribution in [0, 0.1) is 6.92 Å². The van der Waals surface area contributed by atoms with Crippen molar-refractivity contribution >= 4 is 17.6 Å². The number of hydrogen-bond acceptors (Lipinski definition) is 3. The molecule has 0 saturated heterocycles. The molecule has 98 valence electrons. The Morgan fingerprint density at radius 3 is 2.58 bits per heavy atom. The minimum atomic E-state index is -1.01. The van der Waals surface area contributed by atoms with Gasteiger partial charge in [0.2, 0.25) is 0 Å². The van der Waals surface area contributed by atoms with Gasteiger partial charge in [0.1, 0.15) is 6.54 Å². The van der Waals surface area contributed by atoms with Gasteiger partial charge in [-0.1, -0.05) is 17.7 Å². The van der Waals surface area contributed by atoms with Gasteiger partial charge in [0.25, 0.3) is 5.91 Å². The number of anilines is 1. The molecule has 0 aliphatic carbocycles. The molecule has 0 bridgehead atoms. The van der Waals surface area contributed by atoms with E-state index < -0.39 is 5.97 Å². The number of benzene rings is 1. The molecule has 6 nitrogen and oxygen atoms in total. The van der Waals surface area contributed by atoms with Crippen molar-refractivity contribution in [3.63, 3.8) is 0 Å². The number of hydrogen-bond donors (Lipinski definition) is 2. The van der Waals surface area contributed by atoms with Crippen LogP contribution >= 0.6 is 0 Å². The average molecular weight is 259 g/mol. The van der Waals surface area contributed by atoms with Crippen molar-refractivity contribution in [3.05, 3.63) is 47.8 Å². The van der Waals surface area contributed by atoms with Crippen LogP contribution in [0.15, 0.2) is 36.5 Å². The van der Waals surface area contributed by atoms with Crippen LogP contribution in [-0.2, 0) is 11.3 Å². The molecular weight excluding hydrogens is 246 g/mol. The Hall–Kier alpha value is -2.63. The Balaban J connectivity index is 2.05. The van der Waals surface area contributed by atoms with Crippen molar-refractivity contribution in [3.8, 4) is 0 Å². The van der Waals surface area contributed by atoms with E-state index in [0.29, 0.717) is 5.69 Å². The fraction of sp³-hybridized carbons (Fsp3) is 0.154. The number of amides is 1. The molecule has 0 aliphatic rings. The highest BCUT2D eigenvalue weighted by atomic mass is 16.4. The number of nitrogens with one attached hydrogen (secondary N) is 1. The second-order valence-corrected chi connectivity index (χ2v) is 4.11. The van der Waals surface area contributed by atoms with Crippen LogP contribution in [0.3, 0.4) is 0 Å². The zero-order valence-electron chi connectivity index (χ0n) is 10.3. The fourth-order valence-electron chi connectivity index (χ4n) is 1.54. The van der Waals surface area contributed by atoms with Crippen molar-refractivity contribution < 1.29 is 14.7 Å². The van der Waals surface area contributed by atoms with Crippen molar-refractivity contribution in [2.45, 2.75) is 13.5 Å². The van der Waals surface area contributed by atoms with Gasteiger partial charge >= 0.3 is 5.97 Å². The Labute approximate surface area is 109 Å². The highest BCUT2D eigenvalue weighted by Gasteiger charge is 2.10. The molecule has 1 amide bonds. The first-order chi connectivity index (χ1) is 9.04. The van der Waals surface area contributed by atoms with E-state index in [0.717, 1.165) is 5.56 Å². The molecule has 2 aromatic rings. The molecule has 0 aliphatic heterocycles. The SMILES string of the molecule is Cc1ccc(NC(=O)c2ccn(CC(=O)O)n2)cc1. The first-order valence-electron chi connectivity index (χ1n) is 5.68. The van der Waals surface area contributed by atoms with Gasteiger partial charge in [0.05, 0.1) is 0 Å². The van der Waals surface area contributed by atoms with Crippen LogP contribution in [0.25, 0.3) is 0 Å². The summed E-state index contributed by atoms with van der Waals surface area (Å²) in [7, 11) is 0. The van der Waals surface area contributed by atoms with E-state index in [4.69, 9.17) is 5.11 Å². The van der Waals surface area contributed by atoms with Gasteiger partial charge in [-0.2, -0.15) is 5.10 Å². The lowest BCUT2D eigenvalue weighted by molar-refractivity contribution is -0.137. The van der Waals surface area contributed by atoms with E-state index in [1.165, 1.54) is 16.9 Å². The molecule has 19 heavy (non-hydrogen) atoms. The second kappa shape index (κ2) is 5.34. The molecule has 6 heteroatoms. The summed E-state index contributed by atoms with van der Waals surface area (Å²) < 4.78 is 1.20. The van der Waals surface area contributed by atoms with E-state index in [-0.39, 0.29) is 18.1 Å². The number of aromatic nitrogens is 2. The third kappa shape index (κ3) is 3.41. The minimum Gasteiger partial charge on any atom is -0.480 e. The third-order valence-corrected chi connectivity index (χ3v) is 2.48. The standard InChI is InChI=1S/C13H13N3O3/c1-9-2-4-10(5-3-9)14-13(19)11-6-7-16(15-11)8-12(17)18/h2-7H,8H2,1H3,(H,14,19)(H,17,18). The first-order valence-corrected chi connectivity index (χ1v) is 5.68. The summed E-state index contributed by atoms with van der Waals surface area (Å²) in [5, 5.41) is 15.2. The van der Waals surface area contributed by atoms with Crippen LogP contribution < -0.4 is 5.32 Å². The van der Waals surface area contributed by atoms with E-state index in [9.17, 15) is 9.59 Å². The Morgan fingerprint density at radius 1 is 1.26 bits per heavy atom. The molecular formula is C13H13N3O3. The number of carbonyl (C=O) groups is 2. The van der Waals surface area contributed by atoms with Crippen molar-refractivity contribution in [1.29, 1.82) is 0 Å². The zero-order valence-corrected chi connectivity index (χ0v) is 10.3. The maximum atomic E-state index is 11.9. The number of carboxylic acids is 1. The van der Waals surface area contributed by atoms with Crippen molar-refractivity contribution in [2.75, 3.05) is 5.32 Å². The molecule has 1 heterocycles. The monoisotopic (exact) mass is 259 g/mol. The van der Waals surface area contributed by atoms with E-state index in [1.807, 2.05) is 19.1 Å². The number of aliphatic carboxylic acids is 1. The van der Waals surface area contributed by atoms with Gasteiger partial charge in [0.15, 0.2) is 5.69 Å². The maximum absolute atomic E-state index is 11.9. The average Bonchev–Trinajstić information content (AvgIpc) is 2.80. The summed E-state index contributed by atoms with van der Waals surface area (Å²) in [6.07, 6.45) is 1.46. The van der Waals surface area contributed by atoms with Crippen LogP contribution in [0.1, 0.15) is 16.1 Å². The molecule has 0 saturated carbocycles. The van der Waals surface area contributed by atoms with Gasteiger partial charge in [-0.05, 0) is 25.1 Å². The van der Waals surface area contributed by atoms with Gasteiger partial charge in [0, 0.05) is 11.9 Å². The van der Waals surface area contributed by atoms with E-state index in [1.54, 1.807) is 12.1 Å². The van der Waals surface area contributed by atoms with Gasteiger partial charge in [-0.15, -0.1) is 0 Å². The first kappa shape index (κ1) is 12.8. The number of aryl methyl sites for hydroxylation is 1. The molecule has 1 aromatic carbocycles. The van der Waals surface area contributed by atoms with Gasteiger partial charge < -0.3 is 10.4 Å². The highest BCUT2D eigenvalue weighted by Crippen LogP contribution is 2.10. The fourth-order valence-corrected chi connectivity index (χ4v) is 1.54. The van der Waals surface area contributed by atoms with Gasteiger partial charge in [-0.3, -0.25) is 14.3 Å². The largest absolute Gasteiger partial charge is 0.480 e. The Kier molecular flexibility index (Phi) is 3.61. The topological polar surface area (TPSA) is 84.2 Å². The quantitative estimate of drug-likeness (QED) is 0.872. The normalized spacial score (nSPS) is 10.2. The number of carboxylic acid groups (broad SMARTS) is 1. The summed E-state index contributed by atoms with van der Waals surface area (Å²) in [4.78, 5) is 22.4. The molecule has 0 spiro atoms. The zero-order chi connectivity index (χ0) is 13.8. The molecule has 2 N–H and O–H groups in total. The molecule has 0 radical (unpaired) electrons. The summed E-state index contributed by atoms with van der Waals surface area (Å²) >= 11 is 0. The van der Waals surface area contributed by atoms with Crippen LogP contribution in [-0.4, -0.2) is 26.8 Å². The molecule has 0 atom stereocenters. The van der Waals surface area contributed by atoms with Crippen molar-refractivity contribution in [2.24, 2.45) is 0 Å². The molecule has 2 rings (SSSR count). The summed E-state index contributed by atoms with van der Waals surface area (Å²) in [5.74, 6) is -1.37. The van der Waals surface area contributed by atoms with E-state index in [2.05, 4.69) is 10.4 Å². The van der Waals surface area contributed by atoms with Crippen LogP contribution in [0.4, 0.5) is 5.69 Å². The smallest absolute Gasteiger partial charge is 0.325 e. The Morgan fingerprint density at radius 2 is 1.95 bits per heavy atom. The van der Waals surface area contributed by atoms with Crippen LogP contribution in [0.2, 0.25) is 0 Å².